The number of carboxylic acids is 1. The van der Waals surface area contributed by atoms with Crippen molar-refractivity contribution in [2.24, 2.45) is 0 Å². The van der Waals surface area contributed by atoms with Crippen molar-refractivity contribution in [3.63, 3.8) is 0 Å². The van der Waals surface area contributed by atoms with E-state index < -0.39 is 12.1 Å². The molecule has 3 aromatic rings. The molecule has 1 aliphatic heterocycles. The Labute approximate surface area is 278 Å². The standard InChI is InChI=1S/C34H42N4O5.2ClH/c1-37(32(39)14-6-3-9-21-35-28-17-15-27(16-18-28)33(40)41)24-25-38-22-19-29(20-23-38)43-34(42)36-31-13-8-7-12-30(31)26-10-4-2-5-11-26;;/h2,4-5,7-8,10-13,15-18,29,35H,3,6,9,14,19-25H2,1H3,(H,36,42)(H,40,41);2*1H. The van der Waals surface area contributed by atoms with Crippen LogP contribution in [0.4, 0.5) is 16.2 Å². The van der Waals surface area contributed by atoms with E-state index in [4.69, 9.17) is 9.84 Å². The van der Waals surface area contributed by atoms with Gasteiger partial charge in [-0.2, -0.15) is 0 Å². The normalized spacial score (nSPS) is 13.1. The van der Waals surface area contributed by atoms with E-state index in [1.807, 2.05) is 66.5 Å². The molecule has 2 amide bonds. The van der Waals surface area contributed by atoms with Gasteiger partial charge in [-0.15, -0.1) is 24.8 Å². The number of halogens is 2. The Hall–Kier alpha value is -3.79. The quantitative estimate of drug-likeness (QED) is 0.159. The molecule has 1 saturated heterocycles. The van der Waals surface area contributed by atoms with Crippen LogP contribution < -0.4 is 10.6 Å². The molecular weight excluding hydrogens is 615 g/mol. The number of benzene rings is 3. The number of rotatable bonds is 14. The van der Waals surface area contributed by atoms with Gasteiger partial charge in [-0.3, -0.25) is 10.1 Å². The monoisotopic (exact) mass is 658 g/mol. The number of unbranched alkanes of at least 4 members (excludes halogenated alkanes) is 2. The molecule has 0 atom stereocenters. The number of likely N-dealkylation sites (tertiary alicyclic amines) is 1. The number of carboxylic acid groups (broad SMARTS) is 1. The first kappa shape index (κ1) is 37.4. The van der Waals surface area contributed by atoms with Crippen LogP contribution in [0, 0.1) is 0 Å². The second-order valence-electron chi connectivity index (χ2n) is 10.9. The van der Waals surface area contributed by atoms with Crippen molar-refractivity contribution in [3.05, 3.63) is 84.4 Å². The molecule has 0 bridgehead atoms. The second-order valence-corrected chi connectivity index (χ2v) is 10.9. The zero-order valence-electron chi connectivity index (χ0n) is 25.7. The maximum Gasteiger partial charge on any atom is 0.411 e. The molecule has 1 heterocycles. The van der Waals surface area contributed by atoms with Crippen molar-refractivity contribution in [2.75, 3.05) is 50.4 Å². The third kappa shape index (κ3) is 12.3. The average Bonchev–Trinajstić information content (AvgIpc) is 3.03. The third-order valence-electron chi connectivity index (χ3n) is 7.76. The Kier molecular flexibility index (Phi) is 16.3. The number of nitrogens with one attached hydrogen (secondary N) is 2. The van der Waals surface area contributed by atoms with Gasteiger partial charge in [0.2, 0.25) is 5.91 Å². The van der Waals surface area contributed by atoms with E-state index >= 15 is 0 Å². The van der Waals surface area contributed by atoms with Gasteiger partial charge in [0.05, 0.1) is 11.3 Å². The van der Waals surface area contributed by atoms with Crippen molar-refractivity contribution >= 4 is 54.2 Å². The Balaban J connectivity index is 0.00000353. The van der Waals surface area contributed by atoms with Gasteiger partial charge in [-0.1, -0.05) is 55.0 Å². The second kappa shape index (κ2) is 19.6. The first-order valence-corrected chi connectivity index (χ1v) is 15.0. The van der Waals surface area contributed by atoms with E-state index in [1.54, 1.807) is 24.3 Å². The van der Waals surface area contributed by atoms with Crippen molar-refractivity contribution < 1.29 is 24.2 Å². The topological polar surface area (TPSA) is 111 Å². The van der Waals surface area contributed by atoms with Crippen LogP contribution >= 0.6 is 24.8 Å². The fourth-order valence-electron chi connectivity index (χ4n) is 5.15. The molecule has 3 aromatic carbocycles. The summed E-state index contributed by atoms with van der Waals surface area (Å²) in [5.74, 6) is -0.776. The molecule has 244 valence electrons. The highest BCUT2D eigenvalue weighted by molar-refractivity contribution is 5.91. The SMILES string of the molecule is CN(CCN1CCC(OC(=O)Nc2ccccc2-c2ccccc2)CC1)C(=O)CCCCCNc1ccc(C(=O)O)cc1.Cl.Cl. The number of hydrogen-bond acceptors (Lipinski definition) is 6. The van der Waals surface area contributed by atoms with E-state index in [0.29, 0.717) is 13.0 Å². The van der Waals surface area contributed by atoms with Gasteiger partial charge in [0.1, 0.15) is 6.10 Å². The molecule has 4 rings (SSSR count). The Morgan fingerprint density at radius 1 is 0.889 bits per heavy atom. The summed E-state index contributed by atoms with van der Waals surface area (Å²) in [7, 11) is 1.86. The van der Waals surface area contributed by atoms with Crippen LogP contribution in [0.25, 0.3) is 11.1 Å². The highest BCUT2D eigenvalue weighted by Crippen LogP contribution is 2.28. The highest BCUT2D eigenvalue weighted by Gasteiger charge is 2.23. The number of ether oxygens (including phenoxy) is 1. The van der Waals surface area contributed by atoms with Gasteiger partial charge in [0.15, 0.2) is 0 Å². The molecule has 0 spiro atoms. The molecule has 1 aliphatic rings. The number of hydrogen-bond donors (Lipinski definition) is 3. The minimum atomic E-state index is -0.931. The predicted octanol–water partition coefficient (Wildman–Crippen LogP) is 7.04. The first-order valence-electron chi connectivity index (χ1n) is 15.0. The summed E-state index contributed by atoms with van der Waals surface area (Å²) >= 11 is 0. The van der Waals surface area contributed by atoms with E-state index in [-0.39, 0.29) is 42.4 Å². The summed E-state index contributed by atoms with van der Waals surface area (Å²) in [4.78, 5) is 40.3. The zero-order valence-corrected chi connectivity index (χ0v) is 27.3. The van der Waals surface area contributed by atoms with Crippen molar-refractivity contribution in [1.29, 1.82) is 0 Å². The maximum absolute atomic E-state index is 12.7. The molecule has 0 saturated carbocycles. The molecule has 0 aromatic heterocycles. The lowest BCUT2D eigenvalue weighted by Crippen LogP contribution is -2.42. The number of nitrogens with zero attached hydrogens (tertiary/aromatic N) is 2. The molecule has 0 unspecified atom stereocenters. The van der Waals surface area contributed by atoms with E-state index in [1.165, 1.54) is 0 Å². The lowest BCUT2D eigenvalue weighted by Gasteiger charge is -2.32. The molecule has 45 heavy (non-hydrogen) atoms. The summed E-state index contributed by atoms with van der Waals surface area (Å²) in [6.45, 7) is 3.91. The molecule has 11 heteroatoms. The lowest BCUT2D eigenvalue weighted by atomic mass is 10.0. The van der Waals surface area contributed by atoms with Crippen molar-refractivity contribution in [3.8, 4) is 11.1 Å². The van der Waals surface area contributed by atoms with Crippen molar-refractivity contribution in [2.45, 2.75) is 44.6 Å². The summed E-state index contributed by atoms with van der Waals surface area (Å²) in [6.07, 6.45) is 4.22. The number of carbonyl (C=O) groups excluding carboxylic acids is 2. The van der Waals surface area contributed by atoms with Gasteiger partial charge >= 0.3 is 12.1 Å². The van der Waals surface area contributed by atoms with Gasteiger partial charge in [-0.25, -0.2) is 9.59 Å². The van der Waals surface area contributed by atoms with Crippen LogP contribution in [-0.4, -0.2) is 78.8 Å². The van der Waals surface area contributed by atoms with Gasteiger partial charge in [0, 0.05) is 57.4 Å². The molecule has 9 nitrogen and oxygen atoms in total. The predicted molar refractivity (Wildman–Crippen MR) is 184 cm³/mol. The van der Waals surface area contributed by atoms with Gasteiger partial charge < -0.3 is 25.0 Å². The average molecular weight is 660 g/mol. The number of para-hydroxylation sites is 1. The van der Waals surface area contributed by atoms with Crippen molar-refractivity contribution in [1.82, 2.24) is 9.80 Å². The summed E-state index contributed by atoms with van der Waals surface area (Å²) in [6, 6.07) is 24.4. The third-order valence-corrected chi connectivity index (χ3v) is 7.76. The smallest absolute Gasteiger partial charge is 0.411 e. The van der Waals surface area contributed by atoms with Gasteiger partial charge in [0.25, 0.3) is 0 Å². The van der Waals surface area contributed by atoms with Gasteiger partial charge in [-0.05, 0) is 61.6 Å². The number of anilines is 2. The Bertz CT molecular complexity index is 1340. The summed E-state index contributed by atoms with van der Waals surface area (Å²) < 4.78 is 5.74. The Morgan fingerprint density at radius 2 is 1.56 bits per heavy atom. The number of carbonyl (C=O) groups is 3. The first-order chi connectivity index (χ1) is 20.9. The lowest BCUT2D eigenvalue weighted by molar-refractivity contribution is -0.130. The number of piperidine rings is 1. The summed E-state index contributed by atoms with van der Waals surface area (Å²) in [5, 5.41) is 15.2. The molecule has 0 radical (unpaired) electrons. The fourth-order valence-corrected chi connectivity index (χ4v) is 5.15. The summed E-state index contributed by atoms with van der Waals surface area (Å²) in [5.41, 5.74) is 3.88. The minimum absolute atomic E-state index is 0. The zero-order chi connectivity index (χ0) is 30.4. The van der Waals surface area contributed by atoms with Crippen LogP contribution in [0.3, 0.4) is 0 Å². The molecule has 1 fully saturated rings. The van der Waals surface area contributed by atoms with Crippen LogP contribution in [-0.2, 0) is 9.53 Å². The molecular formula is C34H44Cl2N4O5. The van der Waals surface area contributed by atoms with Crippen LogP contribution in [0.1, 0.15) is 48.9 Å². The van der Waals surface area contributed by atoms with E-state index in [9.17, 15) is 14.4 Å². The number of likely N-dealkylation sites (N-methyl/N-ethyl adjacent to an activating group) is 1. The fraction of sp³-hybridized carbons (Fsp3) is 0.382. The number of amides is 2. The number of aromatic carboxylic acids is 1. The Morgan fingerprint density at radius 3 is 2.24 bits per heavy atom. The van der Waals surface area contributed by atoms with Crippen LogP contribution in [0.2, 0.25) is 0 Å². The largest absolute Gasteiger partial charge is 0.478 e. The molecule has 3 N–H and O–H groups in total. The van der Waals surface area contributed by atoms with Crippen LogP contribution in [0.15, 0.2) is 78.9 Å². The maximum atomic E-state index is 12.7. The van der Waals surface area contributed by atoms with E-state index in [2.05, 4.69) is 15.5 Å². The van der Waals surface area contributed by atoms with Crippen LogP contribution in [0.5, 0.6) is 0 Å². The minimum Gasteiger partial charge on any atom is -0.478 e. The molecule has 0 aliphatic carbocycles. The van der Waals surface area contributed by atoms with E-state index in [0.717, 1.165) is 80.8 Å². The highest BCUT2D eigenvalue weighted by atomic mass is 35.5.